The third-order valence-electron chi connectivity index (χ3n) is 4.39. The van der Waals surface area contributed by atoms with Crippen LogP contribution in [0.5, 0.6) is 17.2 Å². The summed E-state index contributed by atoms with van der Waals surface area (Å²) in [7, 11) is 1.62. The average molecular weight is 511 g/mol. The van der Waals surface area contributed by atoms with Crippen molar-refractivity contribution in [2.45, 2.75) is 13.5 Å². The first kappa shape index (κ1) is 21.7. The highest BCUT2D eigenvalue weighted by Crippen LogP contribution is 2.36. The van der Waals surface area contributed by atoms with Crippen molar-refractivity contribution in [3.05, 3.63) is 87.0 Å². The van der Waals surface area contributed by atoms with Crippen LogP contribution < -0.4 is 14.2 Å². The molecule has 0 bridgehead atoms. The normalized spacial score (nSPS) is 10.9. The number of rotatable bonds is 8. The molecule has 0 N–H and O–H groups in total. The molecular weight excluding hydrogens is 489 g/mol. The lowest BCUT2D eigenvalue weighted by molar-refractivity contribution is 0.267. The summed E-state index contributed by atoms with van der Waals surface area (Å²) in [5.74, 6) is 2.13. The molecule has 152 valence electrons. The first-order valence-corrected chi connectivity index (χ1v) is 10.6. The Kier molecular flexibility index (Phi) is 7.75. The second-order valence-electron chi connectivity index (χ2n) is 6.44. The largest absolute Gasteiger partial charge is 0.497 e. The summed E-state index contributed by atoms with van der Waals surface area (Å²) in [6, 6.07) is 23.6. The van der Waals surface area contributed by atoms with Crippen LogP contribution in [0.1, 0.15) is 23.6 Å². The molecule has 0 spiro atoms. The molecule has 0 unspecified atom stereocenters. The first-order valence-electron chi connectivity index (χ1n) is 9.54. The van der Waals surface area contributed by atoms with E-state index in [1.807, 2.05) is 79.7 Å². The van der Waals surface area contributed by atoms with Crippen molar-refractivity contribution < 1.29 is 14.2 Å². The molecule has 0 saturated carbocycles. The molecule has 3 aromatic rings. The number of hydrogen-bond donors (Lipinski definition) is 0. The monoisotopic (exact) mass is 511 g/mol. The maximum atomic E-state index is 9.67. The Morgan fingerprint density at radius 3 is 2.40 bits per heavy atom. The number of halogens is 1. The highest BCUT2D eigenvalue weighted by molar-refractivity contribution is 14.1. The predicted octanol–water partition coefficient (Wildman–Crippen LogP) is 6.34. The minimum Gasteiger partial charge on any atom is -0.497 e. The van der Waals surface area contributed by atoms with Crippen LogP contribution in [0.4, 0.5) is 0 Å². The molecule has 0 aliphatic heterocycles. The van der Waals surface area contributed by atoms with Gasteiger partial charge in [-0.1, -0.05) is 30.3 Å². The fourth-order valence-corrected chi connectivity index (χ4v) is 3.70. The molecule has 30 heavy (non-hydrogen) atoms. The van der Waals surface area contributed by atoms with E-state index in [1.165, 1.54) is 0 Å². The SMILES string of the molecule is CCOc1cc(/C=C(\C#N)c2ccc(OC)cc2)cc(I)c1OCc1ccccc1. The topological polar surface area (TPSA) is 51.5 Å². The number of benzene rings is 3. The van der Waals surface area contributed by atoms with Gasteiger partial charge in [-0.15, -0.1) is 0 Å². The molecule has 3 aromatic carbocycles. The summed E-state index contributed by atoms with van der Waals surface area (Å²) in [5.41, 5.74) is 3.36. The van der Waals surface area contributed by atoms with Gasteiger partial charge in [-0.3, -0.25) is 0 Å². The van der Waals surface area contributed by atoms with Gasteiger partial charge >= 0.3 is 0 Å². The smallest absolute Gasteiger partial charge is 0.175 e. The van der Waals surface area contributed by atoms with Crippen LogP contribution in [0.25, 0.3) is 11.6 Å². The predicted molar refractivity (Wildman–Crippen MR) is 128 cm³/mol. The molecule has 0 aliphatic carbocycles. The molecule has 0 atom stereocenters. The zero-order chi connectivity index (χ0) is 21.3. The molecule has 0 aromatic heterocycles. The van der Waals surface area contributed by atoms with Crippen LogP contribution in [0.3, 0.4) is 0 Å². The van der Waals surface area contributed by atoms with Gasteiger partial charge < -0.3 is 14.2 Å². The lowest BCUT2D eigenvalue weighted by Crippen LogP contribution is -2.02. The maximum Gasteiger partial charge on any atom is 0.175 e. The second-order valence-corrected chi connectivity index (χ2v) is 7.60. The van der Waals surface area contributed by atoms with Crippen molar-refractivity contribution in [1.82, 2.24) is 0 Å². The highest BCUT2D eigenvalue weighted by atomic mass is 127. The van der Waals surface area contributed by atoms with E-state index in [2.05, 4.69) is 28.7 Å². The van der Waals surface area contributed by atoms with Crippen LogP contribution in [-0.2, 0) is 6.61 Å². The van der Waals surface area contributed by atoms with Gasteiger partial charge in [-0.05, 0) is 88.7 Å². The number of nitrogens with zero attached hydrogens (tertiary/aromatic N) is 1. The van der Waals surface area contributed by atoms with Gasteiger partial charge in [0.05, 0.1) is 28.9 Å². The van der Waals surface area contributed by atoms with Gasteiger partial charge in [0.1, 0.15) is 12.4 Å². The third-order valence-corrected chi connectivity index (χ3v) is 5.19. The van der Waals surface area contributed by atoms with Crippen molar-refractivity contribution >= 4 is 34.2 Å². The molecular formula is C25H22INO3. The molecule has 0 radical (unpaired) electrons. The second kappa shape index (κ2) is 10.7. The van der Waals surface area contributed by atoms with Crippen LogP contribution in [0.2, 0.25) is 0 Å². The molecule has 0 fully saturated rings. The standard InChI is InChI=1S/C25H22INO3/c1-3-29-24-15-19(13-21(16-27)20-9-11-22(28-2)12-10-20)14-23(26)25(24)30-17-18-7-5-4-6-8-18/h4-15H,3,17H2,1-2H3/b21-13+. The molecule has 5 heteroatoms. The fraction of sp³-hybridized carbons (Fsp3) is 0.160. The third kappa shape index (κ3) is 5.55. The molecule has 0 heterocycles. The quantitative estimate of drug-likeness (QED) is 0.201. The number of ether oxygens (including phenoxy) is 3. The van der Waals surface area contributed by atoms with E-state index in [1.54, 1.807) is 7.11 Å². The summed E-state index contributed by atoms with van der Waals surface area (Å²) >= 11 is 2.24. The summed E-state index contributed by atoms with van der Waals surface area (Å²) in [6.45, 7) is 2.92. The Labute approximate surface area is 190 Å². The number of nitriles is 1. The van der Waals surface area contributed by atoms with E-state index in [4.69, 9.17) is 14.2 Å². The lowest BCUT2D eigenvalue weighted by Gasteiger charge is -2.15. The van der Waals surface area contributed by atoms with Gasteiger partial charge in [-0.2, -0.15) is 5.26 Å². The van der Waals surface area contributed by atoms with Crippen LogP contribution in [-0.4, -0.2) is 13.7 Å². The Morgan fingerprint density at radius 2 is 1.77 bits per heavy atom. The van der Waals surface area contributed by atoms with Crippen LogP contribution in [0, 0.1) is 14.9 Å². The van der Waals surface area contributed by atoms with Gasteiger partial charge in [0.15, 0.2) is 11.5 Å². The fourth-order valence-electron chi connectivity index (χ4n) is 2.92. The lowest BCUT2D eigenvalue weighted by atomic mass is 10.0. The minimum atomic E-state index is 0.460. The Hall–Kier alpha value is -2.98. The summed E-state index contributed by atoms with van der Waals surface area (Å²) in [5, 5.41) is 9.67. The van der Waals surface area contributed by atoms with E-state index in [0.29, 0.717) is 30.3 Å². The summed E-state index contributed by atoms with van der Waals surface area (Å²) < 4.78 is 18.0. The van der Waals surface area contributed by atoms with Crippen LogP contribution >= 0.6 is 22.6 Å². The number of methoxy groups -OCH3 is 1. The first-order chi connectivity index (χ1) is 14.6. The van der Waals surface area contributed by atoms with E-state index in [0.717, 1.165) is 26.0 Å². The highest BCUT2D eigenvalue weighted by Gasteiger charge is 2.13. The summed E-state index contributed by atoms with van der Waals surface area (Å²) in [6.07, 6.45) is 1.85. The Bertz CT molecular complexity index is 1050. The summed E-state index contributed by atoms with van der Waals surface area (Å²) in [4.78, 5) is 0. The molecule has 0 aliphatic rings. The van der Waals surface area contributed by atoms with E-state index >= 15 is 0 Å². The van der Waals surface area contributed by atoms with Crippen LogP contribution in [0.15, 0.2) is 66.7 Å². The number of hydrogen-bond acceptors (Lipinski definition) is 4. The average Bonchev–Trinajstić information content (AvgIpc) is 2.78. The van der Waals surface area contributed by atoms with E-state index < -0.39 is 0 Å². The molecule has 0 amide bonds. The Morgan fingerprint density at radius 1 is 1.03 bits per heavy atom. The molecule has 4 nitrogen and oxygen atoms in total. The van der Waals surface area contributed by atoms with Gasteiger partial charge in [0.2, 0.25) is 0 Å². The van der Waals surface area contributed by atoms with E-state index in [9.17, 15) is 5.26 Å². The molecule has 0 saturated heterocycles. The maximum absolute atomic E-state index is 9.67. The van der Waals surface area contributed by atoms with Crippen molar-refractivity contribution in [3.63, 3.8) is 0 Å². The van der Waals surface area contributed by atoms with E-state index in [-0.39, 0.29) is 0 Å². The van der Waals surface area contributed by atoms with Gasteiger partial charge in [0, 0.05) is 0 Å². The van der Waals surface area contributed by atoms with Crippen molar-refractivity contribution in [2.24, 2.45) is 0 Å². The Balaban J connectivity index is 1.91. The zero-order valence-corrected chi connectivity index (χ0v) is 19.0. The van der Waals surface area contributed by atoms with Gasteiger partial charge in [0.25, 0.3) is 0 Å². The van der Waals surface area contributed by atoms with Gasteiger partial charge in [-0.25, -0.2) is 0 Å². The van der Waals surface area contributed by atoms with Crippen molar-refractivity contribution in [2.75, 3.05) is 13.7 Å². The van der Waals surface area contributed by atoms with Crippen molar-refractivity contribution in [3.8, 4) is 23.3 Å². The van der Waals surface area contributed by atoms with Crippen molar-refractivity contribution in [1.29, 1.82) is 5.26 Å². The zero-order valence-electron chi connectivity index (χ0n) is 16.9. The molecule has 3 rings (SSSR count). The number of allylic oxidation sites excluding steroid dienone is 1. The minimum absolute atomic E-state index is 0.460.